The molecule has 0 saturated heterocycles. The summed E-state index contributed by atoms with van der Waals surface area (Å²) >= 11 is 0. The summed E-state index contributed by atoms with van der Waals surface area (Å²) in [7, 11) is 3.20. The normalized spacial score (nSPS) is 18.2. The summed E-state index contributed by atoms with van der Waals surface area (Å²) in [6.45, 7) is 1.72. The summed E-state index contributed by atoms with van der Waals surface area (Å²) in [6, 6.07) is 10.0. The van der Waals surface area contributed by atoms with E-state index in [2.05, 4.69) is 20.6 Å². The Hall–Kier alpha value is -4.02. The molecule has 1 atom stereocenters. The fourth-order valence-corrected chi connectivity index (χ4v) is 4.77. The van der Waals surface area contributed by atoms with E-state index < -0.39 is 23.1 Å². The second-order valence-electron chi connectivity index (χ2n) is 9.16. The van der Waals surface area contributed by atoms with Gasteiger partial charge in [-0.1, -0.05) is 23.4 Å². The van der Waals surface area contributed by atoms with Crippen molar-refractivity contribution in [3.05, 3.63) is 82.4 Å². The van der Waals surface area contributed by atoms with Crippen LogP contribution in [0.3, 0.4) is 0 Å². The van der Waals surface area contributed by atoms with E-state index in [0.717, 1.165) is 17.7 Å². The van der Waals surface area contributed by atoms with Crippen LogP contribution in [-0.2, 0) is 29.4 Å². The summed E-state index contributed by atoms with van der Waals surface area (Å²) < 4.78 is 61.1. The number of nitrogens with one attached hydrogen (secondary N) is 1. The number of halogens is 4. The number of allylic oxidation sites excluding steroid dienone is 1. The van der Waals surface area contributed by atoms with Crippen molar-refractivity contribution in [1.82, 2.24) is 20.3 Å². The number of carbonyl (C=O) groups excluding carboxylic acids is 1. The first-order chi connectivity index (χ1) is 18.1. The van der Waals surface area contributed by atoms with Crippen LogP contribution in [-0.4, -0.2) is 41.3 Å². The number of alkyl halides is 3. The van der Waals surface area contributed by atoms with E-state index in [1.54, 1.807) is 25.8 Å². The molecule has 1 aliphatic rings. The van der Waals surface area contributed by atoms with E-state index in [1.807, 2.05) is 24.3 Å². The maximum absolute atomic E-state index is 15.0. The highest BCUT2D eigenvalue weighted by Gasteiger charge is 2.40. The summed E-state index contributed by atoms with van der Waals surface area (Å²) in [5, 5.41) is 11.7. The van der Waals surface area contributed by atoms with Crippen LogP contribution in [0.4, 0.5) is 17.6 Å². The van der Waals surface area contributed by atoms with Crippen molar-refractivity contribution in [2.75, 3.05) is 14.2 Å². The predicted octanol–water partition coefficient (Wildman–Crippen LogP) is 4.94. The number of nitrogens with zero attached hydrogens (tertiary/aromatic N) is 4. The summed E-state index contributed by atoms with van der Waals surface area (Å²) in [5.41, 5.74) is 0.283. The van der Waals surface area contributed by atoms with Crippen molar-refractivity contribution < 1.29 is 27.1 Å². The highest BCUT2D eigenvalue weighted by atomic mass is 19.4. The zero-order valence-corrected chi connectivity index (χ0v) is 21.1. The van der Waals surface area contributed by atoms with Gasteiger partial charge in [-0.25, -0.2) is 9.07 Å². The highest BCUT2D eigenvalue weighted by molar-refractivity contribution is 5.94. The molecule has 0 aliphatic carbocycles. The maximum Gasteiger partial charge on any atom is 0.416 e. The maximum atomic E-state index is 15.0. The quantitative estimate of drug-likeness (QED) is 0.154. The fourth-order valence-electron chi connectivity index (χ4n) is 4.77. The van der Waals surface area contributed by atoms with Crippen LogP contribution in [0.2, 0.25) is 0 Å². The minimum absolute atomic E-state index is 0.0885. The van der Waals surface area contributed by atoms with Crippen molar-refractivity contribution in [3.8, 4) is 5.75 Å². The number of aromatic nitrogens is 3. The Kier molecular flexibility index (Phi) is 7.66. The van der Waals surface area contributed by atoms with Gasteiger partial charge >= 0.3 is 6.18 Å². The molecule has 4 rings (SSSR count). The van der Waals surface area contributed by atoms with Crippen molar-refractivity contribution in [2.24, 2.45) is 4.99 Å². The number of benzene rings is 2. The molecule has 0 amide bonds. The number of aliphatic imine (C=N–C) groups is 1. The number of fused-ring (bicyclic) bond motifs is 1. The van der Waals surface area contributed by atoms with Gasteiger partial charge in [0, 0.05) is 25.1 Å². The van der Waals surface area contributed by atoms with Gasteiger partial charge in [-0.15, -0.1) is 5.10 Å². The third-order valence-corrected chi connectivity index (χ3v) is 6.73. The number of carbonyl (C=O) groups is 1. The van der Waals surface area contributed by atoms with E-state index in [4.69, 9.17) is 4.74 Å². The Morgan fingerprint density at radius 3 is 2.71 bits per heavy atom. The first kappa shape index (κ1) is 27.0. The average Bonchev–Trinajstić information content (AvgIpc) is 3.33. The molecule has 2 heterocycles. The van der Waals surface area contributed by atoms with Gasteiger partial charge in [0.1, 0.15) is 29.4 Å². The lowest BCUT2D eigenvalue weighted by atomic mass is 9.82. The van der Waals surface area contributed by atoms with Crippen molar-refractivity contribution in [3.63, 3.8) is 0 Å². The van der Waals surface area contributed by atoms with Gasteiger partial charge < -0.3 is 10.1 Å². The standard InChI is InChI=1S/C27H27F4N5O2/c1-26(20-10-9-18(16-21(20)28)27(29,30)31)12-5-8-23-25(34-35-36(23)26)22(11-13-37)33-24(32-2)15-17-6-4-7-19(14-17)38-3/h4,6-7,9-11,13-14,16H,5,8,12,15H2,1-3H3,(H,32,33)/b22-11-. The molecule has 1 N–H and O–H groups in total. The Morgan fingerprint density at radius 2 is 2.05 bits per heavy atom. The van der Waals surface area contributed by atoms with Crippen molar-refractivity contribution in [2.45, 2.75) is 44.3 Å². The molecular weight excluding hydrogens is 502 g/mol. The Labute approximate surface area is 217 Å². The van der Waals surface area contributed by atoms with Crippen LogP contribution in [0, 0.1) is 5.82 Å². The van der Waals surface area contributed by atoms with Gasteiger partial charge in [0.15, 0.2) is 0 Å². The first-order valence-corrected chi connectivity index (χ1v) is 11.9. The zero-order chi connectivity index (χ0) is 27.5. The van der Waals surface area contributed by atoms with E-state index in [-0.39, 0.29) is 5.56 Å². The molecular formula is C27H27F4N5O2. The SMILES string of the molecule is CN=C(Cc1cccc(OC)c1)N/C(=C\C=O)c1nnn2c1CCCC2(C)c1ccc(C(F)(F)F)cc1F. The molecule has 0 bridgehead atoms. The zero-order valence-electron chi connectivity index (χ0n) is 21.1. The Balaban J connectivity index is 1.67. The van der Waals surface area contributed by atoms with Gasteiger partial charge in [-0.05, 0) is 56.0 Å². The molecule has 0 saturated carbocycles. The second-order valence-corrected chi connectivity index (χ2v) is 9.16. The molecule has 200 valence electrons. The summed E-state index contributed by atoms with van der Waals surface area (Å²) in [5.74, 6) is 0.289. The molecule has 0 spiro atoms. The minimum atomic E-state index is -4.65. The predicted molar refractivity (Wildman–Crippen MR) is 134 cm³/mol. The summed E-state index contributed by atoms with van der Waals surface area (Å²) in [6.07, 6.45) is -0.708. The minimum Gasteiger partial charge on any atom is -0.497 e. The number of methoxy groups -OCH3 is 1. The largest absolute Gasteiger partial charge is 0.497 e. The van der Waals surface area contributed by atoms with Crippen LogP contribution >= 0.6 is 0 Å². The molecule has 11 heteroatoms. The molecule has 1 aliphatic heterocycles. The first-order valence-electron chi connectivity index (χ1n) is 11.9. The number of aldehydes is 1. The highest BCUT2D eigenvalue weighted by Crippen LogP contribution is 2.40. The molecule has 7 nitrogen and oxygen atoms in total. The van der Waals surface area contributed by atoms with Gasteiger partial charge in [-0.3, -0.25) is 9.79 Å². The van der Waals surface area contributed by atoms with Crippen LogP contribution in [0.15, 0.2) is 53.5 Å². The van der Waals surface area contributed by atoms with Gasteiger partial charge in [0.2, 0.25) is 0 Å². The van der Waals surface area contributed by atoms with Gasteiger partial charge in [0.25, 0.3) is 0 Å². The smallest absolute Gasteiger partial charge is 0.416 e. The Morgan fingerprint density at radius 1 is 1.26 bits per heavy atom. The monoisotopic (exact) mass is 529 g/mol. The van der Waals surface area contributed by atoms with E-state index in [1.165, 1.54) is 6.08 Å². The molecule has 2 aromatic carbocycles. The molecule has 3 aromatic rings. The number of amidine groups is 1. The molecule has 1 aromatic heterocycles. The van der Waals surface area contributed by atoms with Gasteiger partial charge in [-0.2, -0.15) is 13.2 Å². The Bertz CT molecular complexity index is 1400. The fraction of sp³-hybridized carbons (Fsp3) is 0.333. The number of ether oxygens (including phenoxy) is 1. The molecule has 0 radical (unpaired) electrons. The molecule has 1 unspecified atom stereocenters. The number of rotatable bonds is 7. The van der Waals surface area contributed by atoms with Crippen molar-refractivity contribution >= 4 is 17.8 Å². The van der Waals surface area contributed by atoms with Crippen LogP contribution in [0.5, 0.6) is 5.75 Å². The molecule has 0 fully saturated rings. The average molecular weight is 530 g/mol. The number of hydrogen-bond donors (Lipinski definition) is 1. The van der Waals surface area contributed by atoms with Gasteiger partial charge in [0.05, 0.1) is 29.6 Å². The topological polar surface area (TPSA) is 81.4 Å². The third kappa shape index (κ3) is 5.32. The number of hydrogen-bond acceptors (Lipinski definition) is 5. The van der Waals surface area contributed by atoms with Crippen molar-refractivity contribution in [1.29, 1.82) is 0 Å². The lowest BCUT2D eigenvalue weighted by molar-refractivity contribution is -0.137. The van der Waals surface area contributed by atoms with Crippen LogP contribution in [0.25, 0.3) is 5.70 Å². The van der Waals surface area contributed by atoms with E-state index in [0.29, 0.717) is 66.7 Å². The van der Waals surface area contributed by atoms with Crippen LogP contribution < -0.4 is 10.1 Å². The lowest BCUT2D eigenvalue weighted by Gasteiger charge is -2.36. The second kappa shape index (κ2) is 10.8. The lowest BCUT2D eigenvalue weighted by Crippen LogP contribution is -2.38. The third-order valence-electron chi connectivity index (χ3n) is 6.73. The van der Waals surface area contributed by atoms with Crippen LogP contribution in [0.1, 0.15) is 47.8 Å². The summed E-state index contributed by atoms with van der Waals surface area (Å²) in [4.78, 5) is 15.8. The van der Waals surface area contributed by atoms with E-state index >= 15 is 4.39 Å². The molecule has 38 heavy (non-hydrogen) atoms. The van der Waals surface area contributed by atoms with E-state index in [9.17, 15) is 18.0 Å².